The molecule has 0 unspecified atom stereocenters. The van der Waals surface area contributed by atoms with Crippen LogP contribution >= 0.6 is 0 Å². The molecule has 0 spiro atoms. The van der Waals surface area contributed by atoms with Crippen LogP contribution in [0.4, 0.5) is 15.8 Å². The summed E-state index contributed by atoms with van der Waals surface area (Å²) in [5.41, 5.74) is -0.0995. The van der Waals surface area contributed by atoms with Crippen LogP contribution in [0.2, 0.25) is 0 Å². The summed E-state index contributed by atoms with van der Waals surface area (Å²) in [7, 11) is 0. The quantitative estimate of drug-likeness (QED) is 0.619. The first-order chi connectivity index (χ1) is 9.22. The van der Waals surface area contributed by atoms with Gasteiger partial charge in [0, 0.05) is 5.56 Å². The molecule has 110 valence electrons. The second kappa shape index (κ2) is 6.31. The number of nitro benzene ring substituents is 1. The third-order valence-electron chi connectivity index (χ3n) is 2.82. The van der Waals surface area contributed by atoms with Crippen molar-refractivity contribution in [2.45, 2.75) is 33.2 Å². The van der Waals surface area contributed by atoms with E-state index in [-0.39, 0.29) is 22.9 Å². The zero-order valence-corrected chi connectivity index (χ0v) is 11.5. The highest BCUT2D eigenvalue weighted by molar-refractivity contribution is 5.77. The lowest BCUT2D eigenvalue weighted by Crippen LogP contribution is -2.31. The molecule has 0 aromatic heterocycles. The molecule has 0 aliphatic carbocycles. The summed E-state index contributed by atoms with van der Waals surface area (Å²) in [5, 5.41) is 22.4. The van der Waals surface area contributed by atoms with Gasteiger partial charge in [-0.2, -0.15) is 0 Å². The third kappa shape index (κ3) is 3.91. The molecule has 2 N–H and O–H groups in total. The van der Waals surface area contributed by atoms with Gasteiger partial charge in [0.05, 0.1) is 16.7 Å². The fraction of sp³-hybridized carbons (Fsp3) is 0.462. The Hall–Kier alpha value is -2.18. The highest BCUT2D eigenvalue weighted by Gasteiger charge is 2.22. The zero-order valence-electron chi connectivity index (χ0n) is 11.5. The second-order valence-corrected chi connectivity index (χ2v) is 5.04. The number of carboxylic acids is 1. The van der Waals surface area contributed by atoms with E-state index in [1.165, 1.54) is 13.0 Å². The zero-order chi connectivity index (χ0) is 15.4. The van der Waals surface area contributed by atoms with E-state index >= 15 is 0 Å². The summed E-state index contributed by atoms with van der Waals surface area (Å²) >= 11 is 0. The van der Waals surface area contributed by atoms with E-state index in [0.29, 0.717) is 6.42 Å². The molecule has 7 heteroatoms. The molecule has 20 heavy (non-hydrogen) atoms. The molecule has 1 aromatic carbocycles. The molecule has 0 fully saturated rings. The van der Waals surface area contributed by atoms with E-state index in [1.807, 2.05) is 13.8 Å². The largest absolute Gasteiger partial charge is 0.480 e. The monoisotopic (exact) mass is 284 g/mol. The summed E-state index contributed by atoms with van der Waals surface area (Å²) in [6.07, 6.45) is 0.324. The van der Waals surface area contributed by atoms with Gasteiger partial charge in [-0.3, -0.25) is 10.1 Å². The summed E-state index contributed by atoms with van der Waals surface area (Å²) in [4.78, 5) is 21.1. The summed E-state index contributed by atoms with van der Waals surface area (Å²) < 4.78 is 13.8. The van der Waals surface area contributed by atoms with Crippen LogP contribution in [-0.2, 0) is 4.79 Å². The molecule has 0 saturated carbocycles. The second-order valence-electron chi connectivity index (χ2n) is 5.04. The van der Waals surface area contributed by atoms with Gasteiger partial charge in [0.25, 0.3) is 5.69 Å². The molecule has 1 atom stereocenters. The number of benzene rings is 1. The number of aliphatic carboxylic acids is 1. The van der Waals surface area contributed by atoms with Gasteiger partial charge in [-0.05, 0) is 25.3 Å². The molecule has 0 saturated heterocycles. The number of aryl methyl sites for hydroxylation is 1. The fourth-order valence-corrected chi connectivity index (χ4v) is 1.86. The Balaban J connectivity index is 3.05. The van der Waals surface area contributed by atoms with Crippen LogP contribution in [0.3, 0.4) is 0 Å². The van der Waals surface area contributed by atoms with Crippen molar-refractivity contribution in [1.82, 2.24) is 0 Å². The molecule has 0 aliphatic rings. The first-order valence-electron chi connectivity index (χ1n) is 6.16. The predicted molar refractivity (Wildman–Crippen MR) is 72.3 cm³/mol. The van der Waals surface area contributed by atoms with Gasteiger partial charge in [-0.1, -0.05) is 13.8 Å². The number of halogens is 1. The number of rotatable bonds is 6. The van der Waals surface area contributed by atoms with E-state index in [1.54, 1.807) is 0 Å². The molecule has 0 heterocycles. The van der Waals surface area contributed by atoms with Crippen LogP contribution in [0, 0.1) is 28.8 Å². The minimum absolute atomic E-state index is 0.0406. The van der Waals surface area contributed by atoms with Gasteiger partial charge in [0.2, 0.25) is 0 Å². The van der Waals surface area contributed by atoms with E-state index in [4.69, 9.17) is 5.11 Å². The predicted octanol–water partition coefficient (Wildman–Crippen LogP) is 2.95. The van der Waals surface area contributed by atoms with Crippen molar-refractivity contribution in [2.24, 2.45) is 5.92 Å². The molecule has 6 nitrogen and oxygen atoms in total. The number of nitro groups is 1. The minimum atomic E-state index is -1.09. The van der Waals surface area contributed by atoms with E-state index in [0.717, 1.165) is 6.07 Å². The Morgan fingerprint density at radius 3 is 2.55 bits per heavy atom. The topological polar surface area (TPSA) is 92.5 Å². The van der Waals surface area contributed by atoms with Crippen molar-refractivity contribution < 1.29 is 19.2 Å². The first-order valence-corrected chi connectivity index (χ1v) is 6.16. The number of nitrogens with zero attached hydrogens (tertiary/aromatic N) is 1. The molecule has 1 rings (SSSR count). The molecule has 0 bridgehead atoms. The van der Waals surface area contributed by atoms with Crippen molar-refractivity contribution in [2.75, 3.05) is 5.32 Å². The van der Waals surface area contributed by atoms with Crippen LogP contribution in [0.25, 0.3) is 0 Å². The maximum atomic E-state index is 13.8. The van der Waals surface area contributed by atoms with E-state index in [9.17, 15) is 19.3 Å². The normalized spacial score (nSPS) is 12.2. The number of hydrogen-bond acceptors (Lipinski definition) is 4. The average Bonchev–Trinajstić information content (AvgIpc) is 2.31. The smallest absolute Gasteiger partial charge is 0.326 e. The first kappa shape index (κ1) is 15.9. The van der Waals surface area contributed by atoms with Gasteiger partial charge < -0.3 is 10.4 Å². The van der Waals surface area contributed by atoms with Crippen molar-refractivity contribution in [3.8, 4) is 0 Å². The maximum absolute atomic E-state index is 13.8. The van der Waals surface area contributed by atoms with Crippen LogP contribution in [0.1, 0.15) is 25.8 Å². The van der Waals surface area contributed by atoms with Gasteiger partial charge >= 0.3 is 5.97 Å². The number of hydrogen-bond donors (Lipinski definition) is 2. The van der Waals surface area contributed by atoms with Crippen LogP contribution in [-0.4, -0.2) is 22.0 Å². The van der Waals surface area contributed by atoms with Gasteiger partial charge in [0.1, 0.15) is 6.04 Å². The Kier molecular flexibility index (Phi) is 5.01. The fourth-order valence-electron chi connectivity index (χ4n) is 1.86. The SMILES string of the molecule is Cc1cc(N[C@@H](CC(C)C)C(=O)O)c(F)cc1[N+](=O)[O-]. The van der Waals surface area contributed by atoms with E-state index < -0.39 is 22.8 Å². The van der Waals surface area contributed by atoms with Gasteiger partial charge in [-0.15, -0.1) is 0 Å². The Bertz CT molecular complexity index is 531. The lowest BCUT2D eigenvalue weighted by Gasteiger charge is -2.18. The standard InChI is InChI=1S/C13H17FN2O4/c1-7(2)4-11(13(17)18)15-10-5-8(3)12(16(19)20)6-9(10)14/h5-7,11,15H,4H2,1-3H3,(H,17,18)/t11-/m0/s1. The Morgan fingerprint density at radius 2 is 2.10 bits per heavy atom. The number of carbonyl (C=O) groups is 1. The highest BCUT2D eigenvalue weighted by atomic mass is 19.1. The molecular formula is C13H17FN2O4. The van der Waals surface area contributed by atoms with Crippen LogP contribution in [0.15, 0.2) is 12.1 Å². The Morgan fingerprint density at radius 1 is 1.50 bits per heavy atom. The van der Waals surface area contributed by atoms with Gasteiger partial charge in [0.15, 0.2) is 5.82 Å². The summed E-state index contributed by atoms with van der Waals surface area (Å²) in [5.74, 6) is -1.81. The summed E-state index contributed by atoms with van der Waals surface area (Å²) in [6, 6.07) is 1.11. The van der Waals surface area contributed by atoms with Crippen LogP contribution in [0.5, 0.6) is 0 Å². The molecule has 0 aliphatic heterocycles. The molecule has 1 aromatic rings. The number of anilines is 1. The lowest BCUT2D eigenvalue weighted by atomic mass is 10.0. The third-order valence-corrected chi connectivity index (χ3v) is 2.82. The summed E-state index contributed by atoms with van der Waals surface area (Å²) in [6.45, 7) is 5.19. The molecular weight excluding hydrogens is 267 g/mol. The number of nitrogens with one attached hydrogen (secondary N) is 1. The van der Waals surface area contributed by atoms with Crippen molar-refractivity contribution >= 4 is 17.3 Å². The highest BCUT2D eigenvalue weighted by Crippen LogP contribution is 2.26. The van der Waals surface area contributed by atoms with Crippen LogP contribution < -0.4 is 5.32 Å². The van der Waals surface area contributed by atoms with Crippen molar-refractivity contribution in [3.63, 3.8) is 0 Å². The maximum Gasteiger partial charge on any atom is 0.326 e. The number of carboxylic acid groups (broad SMARTS) is 1. The minimum Gasteiger partial charge on any atom is -0.480 e. The van der Waals surface area contributed by atoms with Crippen molar-refractivity contribution in [1.29, 1.82) is 0 Å². The van der Waals surface area contributed by atoms with Crippen molar-refractivity contribution in [3.05, 3.63) is 33.6 Å². The Labute approximate surface area is 115 Å². The lowest BCUT2D eigenvalue weighted by molar-refractivity contribution is -0.385. The molecule has 0 radical (unpaired) electrons. The molecule has 0 amide bonds. The van der Waals surface area contributed by atoms with Gasteiger partial charge in [-0.25, -0.2) is 9.18 Å². The average molecular weight is 284 g/mol. The van der Waals surface area contributed by atoms with E-state index in [2.05, 4.69) is 5.32 Å².